The van der Waals surface area contributed by atoms with Crippen molar-refractivity contribution >= 4 is 42.0 Å². The molecule has 37 heavy (non-hydrogen) atoms. The number of hydrogen-bond acceptors (Lipinski definition) is 9. The van der Waals surface area contributed by atoms with Gasteiger partial charge in [-0.1, -0.05) is 36.0 Å². The molecule has 0 aliphatic rings. The number of benzene rings is 2. The van der Waals surface area contributed by atoms with Crippen LogP contribution in [-0.4, -0.2) is 53.2 Å². The second kappa shape index (κ2) is 13.4. The standard InChI is InChI=1S/C28H30N2O6S/c1-5-36-27(33)15-10-20-21(11-6-18-8-13-23(31)25(16-18)34-2)29-28(37-4)30-22(20)12-7-19-9-14-24(32)26(17-19)35-3/h6-9,11-14,16-17,31-32H,5,10,15H2,1-4H3/b11-6+,12-7+. The van der Waals surface area contributed by atoms with Crippen molar-refractivity contribution in [3.63, 3.8) is 0 Å². The predicted molar refractivity (Wildman–Crippen MR) is 146 cm³/mol. The molecule has 2 N–H and O–H groups in total. The zero-order valence-electron chi connectivity index (χ0n) is 21.2. The van der Waals surface area contributed by atoms with Gasteiger partial charge in [-0.05, 0) is 67.1 Å². The minimum atomic E-state index is -0.298. The minimum Gasteiger partial charge on any atom is -0.504 e. The highest BCUT2D eigenvalue weighted by atomic mass is 32.2. The third-order valence-corrected chi connectivity index (χ3v) is 5.94. The maximum atomic E-state index is 12.1. The highest BCUT2D eigenvalue weighted by Crippen LogP contribution is 2.29. The first-order valence-corrected chi connectivity index (χ1v) is 12.8. The second-order valence-corrected chi connectivity index (χ2v) is 8.57. The third-order valence-electron chi connectivity index (χ3n) is 5.39. The molecule has 0 bridgehead atoms. The molecule has 0 saturated heterocycles. The van der Waals surface area contributed by atoms with Gasteiger partial charge in [0, 0.05) is 12.0 Å². The molecule has 8 nitrogen and oxygen atoms in total. The Morgan fingerprint density at radius 2 is 1.41 bits per heavy atom. The lowest BCUT2D eigenvalue weighted by molar-refractivity contribution is -0.143. The van der Waals surface area contributed by atoms with E-state index in [0.29, 0.717) is 41.1 Å². The minimum absolute atomic E-state index is 0.0553. The molecule has 2 aromatic carbocycles. The number of esters is 1. The molecule has 0 atom stereocenters. The zero-order valence-corrected chi connectivity index (χ0v) is 22.0. The van der Waals surface area contributed by atoms with Gasteiger partial charge in [0.15, 0.2) is 28.2 Å². The fraction of sp³-hybridized carbons (Fsp3) is 0.250. The smallest absolute Gasteiger partial charge is 0.306 e. The molecule has 0 unspecified atom stereocenters. The Kier molecular flexibility index (Phi) is 9.97. The van der Waals surface area contributed by atoms with E-state index in [-0.39, 0.29) is 23.9 Å². The summed E-state index contributed by atoms with van der Waals surface area (Å²) in [6, 6.07) is 10.1. The average molecular weight is 523 g/mol. The molecule has 0 aliphatic heterocycles. The van der Waals surface area contributed by atoms with Gasteiger partial charge in [0.1, 0.15) is 0 Å². The van der Waals surface area contributed by atoms with Crippen LogP contribution in [0.3, 0.4) is 0 Å². The first-order chi connectivity index (χ1) is 17.9. The number of phenolic OH excluding ortho intramolecular Hbond substituents is 2. The lowest BCUT2D eigenvalue weighted by Crippen LogP contribution is -2.09. The normalized spacial score (nSPS) is 11.2. The molecule has 9 heteroatoms. The van der Waals surface area contributed by atoms with E-state index in [1.807, 2.05) is 30.6 Å². The summed E-state index contributed by atoms with van der Waals surface area (Å²) in [7, 11) is 2.99. The molecule has 1 heterocycles. The molecule has 0 spiro atoms. The third kappa shape index (κ3) is 7.50. The molecular weight excluding hydrogens is 492 g/mol. The Bertz CT molecular complexity index is 1220. The fourth-order valence-corrected chi connectivity index (χ4v) is 3.91. The van der Waals surface area contributed by atoms with Crippen molar-refractivity contribution in [1.29, 1.82) is 0 Å². The number of methoxy groups -OCH3 is 2. The Hall–Kier alpha value is -3.98. The van der Waals surface area contributed by atoms with Crippen molar-refractivity contribution in [2.24, 2.45) is 0 Å². The van der Waals surface area contributed by atoms with Gasteiger partial charge in [0.05, 0.1) is 32.2 Å². The molecule has 0 saturated carbocycles. The summed E-state index contributed by atoms with van der Waals surface area (Å²) >= 11 is 1.41. The van der Waals surface area contributed by atoms with E-state index < -0.39 is 0 Å². The van der Waals surface area contributed by atoms with Crippen LogP contribution in [0.2, 0.25) is 0 Å². The molecular formula is C28H30N2O6S. The van der Waals surface area contributed by atoms with Crippen molar-refractivity contribution in [3.05, 3.63) is 64.5 Å². The molecule has 194 valence electrons. The Morgan fingerprint density at radius 1 is 0.892 bits per heavy atom. The van der Waals surface area contributed by atoms with E-state index in [2.05, 4.69) is 0 Å². The van der Waals surface area contributed by atoms with E-state index in [0.717, 1.165) is 16.7 Å². The summed E-state index contributed by atoms with van der Waals surface area (Å²) in [5, 5.41) is 20.4. The Morgan fingerprint density at radius 3 is 1.84 bits per heavy atom. The van der Waals surface area contributed by atoms with Gasteiger partial charge in [0.25, 0.3) is 0 Å². The number of aromatic nitrogens is 2. The van der Waals surface area contributed by atoms with Crippen LogP contribution in [0, 0.1) is 0 Å². The number of rotatable bonds is 11. The van der Waals surface area contributed by atoms with Crippen LogP contribution in [0.5, 0.6) is 23.0 Å². The van der Waals surface area contributed by atoms with Crippen LogP contribution < -0.4 is 9.47 Å². The molecule has 0 aliphatic carbocycles. The molecule has 0 amide bonds. The monoisotopic (exact) mass is 522 g/mol. The van der Waals surface area contributed by atoms with Crippen LogP contribution in [0.4, 0.5) is 0 Å². The first-order valence-electron chi connectivity index (χ1n) is 11.6. The summed E-state index contributed by atoms with van der Waals surface area (Å²) < 4.78 is 15.5. The Labute approximate surface area is 220 Å². The molecule has 1 aromatic heterocycles. The fourth-order valence-electron chi connectivity index (χ4n) is 3.53. The molecule has 0 radical (unpaired) electrons. The predicted octanol–water partition coefficient (Wildman–Crippen LogP) is 5.46. The molecule has 3 rings (SSSR count). The van der Waals surface area contributed by atoms with Gasteiger partial charge in [-0.2, -0.15) is 0 Å². The topological polar surface area (TPSA) is 111 Å². The second-order valence-electron chi connectivity index (χ2n) is 7.79. The van der Waals surface area contributed by atoms with E-state index in [4.69, 9.17) is 24.2 Å². The van der Waals surface area contributed by atoms with Gasteiger partial charge in [-0.3, -0.25) is 4.79 Å². The maximum Gasteiger partial charge on any atom is 0.306 e. The van der Waals surface area contributed by atoms with Gasteiger partial charge in [-0.25, -0.2) is 9.97 Å². The van der Waals surface area contributed by atoms with Crippen LogP contribution in [0.25, 0.3) is 24.3 Å². The number of nitrogens with zero attached hydrogens (tertiary/aromatic N) is 2. The average Bonchev–Trinajstić information content (AvgIpc) is 2.91. The van der Waals surface area contributed by atoms with Crippen LogP contribution in [0.15, 0.2) is 41.6 Å². The van der Waals surface area contributed by atoms with Crippen molar-refractivity contribution < 1.29 is 29.2 Å². The zero-order chi connectivity index (χ0) is 26.8. The van der Waals surface area contributed by atoms with Crippen LogP contribution in [0.1, 0.15) is 41.4 Å². The number of carbonyl (C=O) groups excluding carboxylic acids is 1. The summed E-state index contributed by atoms with van der Waals surface area (Å²) in [6.07, 6.45) is 9.89. The van der Waals surface area contributed by atoms with Gasteiger partial charge >= 0.3 is 5.97 Å². The van der Waals surface area contributed by atoms with Crippen LogP contribution in [-0.2, 0) is 16.0 Å². The summed E-state index contributed by atoms with van der Waals surface area (Å²) in [4.78, 5) is 21.5. The maximum absolute atomic E-state index is 12.1. The Balaban J connectivity index is 2.05. The number of aromatic hydroxyl groups is 2. The van der Waals surface area contributed by atoms with Crippen molar-refractivity contribution in [1.82, 2.24) is 9.97 Å². The lowest BCUT2D eigenvalue weighted by atomic mass is 10.0. The summed E-state index contributed by atoms with van der Waals surface area (Å²) in [5.41, 5.74) is 3.74. The van der Waals surface area contributed by atoms with Crippen molar-refractivity contribution in [3.8, 4) is 23.0 Å². The highest BCUT2D eigenvalue weighted by Gasteiger charge is 2.14. The summed E-state index contributed by atoms with van der Waals surface area (Å²) in [5.74, 6) is 0.544. The number of hydrogen-bond donors (Lipinski definition) is 2. The quantitative estimate of drug-likeness (QED) is 0.192. The van der Waals surface area contributed by atoms with E-state index in [1.54, 1.807) is 43.3 Å². The van der Waals surface area contributed by atoms with Crippen molar-refractivity contribution in [2.45, 2.75) is 24.9 Å². The first kappa shape index (κ1) is 27.6. The highest BCUT2D eigenvalue weighted by molar-refractivity contribution is 7.98. The van der Waals surface area contributed by atoms with Crippen molar-refractivity contribution in [2.75, 3.05) is 27.1 Å². The molecule has 0 fully saturated rings. The van der Waals surface area contributed by atoms with Crippen LogP contribution >= 0.6 is 11.8 Å². The van der Waals surface area contributed by atoms with Gasteiger partial charge in [0.2, 0.25) is 0 Å². The number of thioether (sulfide) groups is 1. The van der Waals surface area contributed by atoms with E-state index in [1.165, 1.54) is 26.0 Å². The summed E-state index contributed by atoms with van der Waals surface area (Å²) in [6.45, 7) is 2.08. The lowest BCUT2D eigenvalue weighted by Gasteiger charge is -2.11. The number of carbonyl (C=O) groups is 1. The SMILES string of the molecule is CCOC(=O)CCc1c(/C=C/c2ccc(O)c(OC)c2)nc(SC)nc1/C=C/c1ccc(O)c(OC)c1. The van der Waals surface area contributed by atoms with E-state index >= 15 is 0 Å². The van der Waals surface area contributed by atoms with E-state index in [9.17, 15) is 15.0 Å². The number of ether oxygens (including phenoxy) is 3. The van der Waals surface area contributed by atoms with Gasteiger partial charge < -0.3 is 24.4 Å². The largest absolute Gasteiger partial charge is 0.504 e. The number of phenols is 2. The molecule has 3 aromatic rings. The van der Waals surface area contributed by atoms with Gasteiger partial charge in [-0.15, -0.1) is 0 Å².